The van der Waals surface area contributed by atoms with Crippen LogP contribution in [0.1, 0.15) is 29.4 Å². The first-order valence-electron chi connectivity index (χ1n) is 9.43. The molecule has 0 amide bonds. The summed E-state index contributed by atoms with van der Waals surface area (Å²) in [5, 5.41) is 23.7. The van der Waals surface area contributed by atoms with Crippen LogP contribution in [0.4, 0.5) is 13.2 Å². The third-order valence-corrected chi connectivity index (χ3v) is 5.46. The van der Waals surface area contributed by atoms with Gasteiger partial charge in [0.1, 0.15) is 17.9 Å². The maximum Gasteiger partial charge on any atom is 0.416 e. The summed E-state index contributed by atoms with van der Waals surface area (Å²) in [5.74, 6) is 0.498. The molecule has 154 valence electrons. The van der Waals surface area contributed by atoms with Crippen LogP contribution < -0.4 is 0 Å². The van der Waals surface area contributed by atoms with E-state index in [9.17, 15) is 18.3 Å². The molecule has 0 radical (unpaired) electrons. The molecule has 30 heavy (non-hydrogen) atoms. The highest BCUT2D eigenvalue weighted by molar-refractivity contribution is 5.80. The van der Waals surface area contributed by atoms with Crippen LogP contribution in [0.15, 0.2) is 36.8 Å². The van der Waals surface area contributed by atoms with Crippen LogP contribution in [0.5, 0.6) is 5.75 Å². The molecule has 1 aromatic carbocycles. The predicted octanol–water partition coefficient (Wildman–Crippen LogP) is 3.91. The van der Waals surface area contributed by atoms with Gasteiger partial charge < -0.3 is 9.67 Å². The van der Waals surface area contributed by atoms with Crippen LogP contribution in [0, 0.1) is 6.92 Å². The van der Waals surface area contributed by atoms with Gasteiger partial charge in [0.2, 0.25) is 0 Å². The first-order valence-corrected chi connectivity index (χ1v) is 9.43. The zero-order valence-electron chi connectivity index (χ0n) is 15.9. The standard InChI is InChI=1S/C20H17F3N6O/c1-11-6-13(20(21,22)23)7-16(30)18(11)15-4-2-12-8-29(27-19(12)25-15)14-3-5-17-26-24-10-28(17)9-14/h2,4,6-8,10,14,30H,3,5,9H2,1H3/t14-/m1/s1. The Morgan fingerprint density at radius 3 is 2.80 bits per heavy atom. The summed E-state index contributed by atoms with van der Waals surface area (Å²) in [4.78, 5) is 4.50. The van der Waals surface area contributed by atoms with Crippen LogP contribution >= 0.6 is 0 Å². The molecule has 5 rings (SSSR count). The fraction of sp³-hybridized carbons (Fsp3) is 0.300. The SMILES string of the molecule is Cc1cc(C(F)(F)F)cc(O)c1-c1ccc2cn([C@@H]3CCc4nncn4C3)nc2n1. The molecule has 0 aliphatic carbocycles. The van der Waals surface area contributed by atoms with E-state index in [0.717, 1.165) is 36.2 Å². The van der Waals surface area contributed by atoms with Gasteiger partial charge in [-0.15, -0.1) is 10.2 Å². The second-order valence-electron chi connectivity index (χ2n) is 7.50. The molecular formula is C20H17F3N6O. The Hall–Kier alpha value is -3.43. The van der Waals surface area contributed by atoms with Gasteiger partial charge in [-0.25, -0.2) is 4.98 Å². The zero-order valence-corrected chi connectivity index (χ0v) is 15.9. The van der Waals surface area contributed by atoms with Gasteiger partial charge in [-0.05, 0) is 43.2 Å². The number of hydrogen-bond acceptors (Lipinski definition) is 5. The molecular weight excluding hydrogens is 397 g/mol. The number of fused-ring (bicyclic) bond motifs is 2. The Morgan fingerprint density at radius 2 is 2.03 bits per heavy atom. The van der Waals surface area contributed by atoms with Gasteiger partial charge in [0.05, 0.1) is 17.3 Å². The van der Waals surface area contributed by atoms with E-state index in [2.05, 4.69) is 20.3 Å². The van der Waals surface area contributed by atoms with Gasteiger partial charge in [0.15, 0.2) is 5.65 Å². The van der Waals surface area contributed by atoms with Crippen LogP contribution in [0.2, 0.25) is 0 Å². The number of halogens is 3. The van der Waals surface area contributed by atoms with Crippen molar-refractivity contribution in [2.75, 3.05) is 0 Å². The Kier molecular flexibility index (Phi) is 4.05. The minimum Gasteiger partial charge on any atom is -0.507 e. The van der Waals surface area contributed by atoms with E-state index >= 15 is 0 Å². The first kappa shape index (κ1) is 18.6. The highest BCUT2D eigenvalue weighted by Gasteiger charge is 2.32. The molecule has 0 saturated carbocycles. The minimum atomic E-state index is -4.53. The predicted molar refractivity (Wildman–Crippen MR) is 102 cm³/mol. The largest absolute Gasteiger partial charge is 0.507 e. The van der Waals surface area contributed by atoms with Gasteiger partial charge >= 0.3 is 6.18 Å². The molecule has 0 fully saturated rings. The van der Waals surface area contributed by atoms with Gasteiger partial charge in [-0.2, -0.15) is 18.3 Å². The van der Waals surface area contributed by atoms with E-state index in [-0.39, 0.29) is 11.6 Å². The third kappa shape index (κ3) is 3.08. The molecule has 1 atom stereocenters. The van der Waals surface area contributed by atoms with Gasteiger partial charge in [-0.1, -0.05) is 0 Å². The lowest BCUT2D eigenvalue weighted by Crippen LogP contribution is -2.23. The summed E-state index contributed by atoms with van der Waals surface area (Å²) < 4.78 is 42.8. The van der Waals surface area contributed by atoms with E-state index in [0.29, 0.717) is 23.4 Å². The van der Waals surface area contributed by atoms with E-state index < -0.39 is 17.5 Å². The molecule has 4 aromatic rings. The van der Waals surface area contributed by atoms with Crippen molar-refractivity contribution in [3.63, 3.8) is 0 Å². The normalized spacial score (nSPS) is 16.7. The van der Waals surface area contributed by atoms with Crippen LogP contribution in [-0.2, 0) is 19.1 Å². The fourth-order valence-corrected chi connectivity index (χ4v) is 3.97. The molecule has 0 saturated heterocycles. The van der Waals surface area contributed by atoms with Crippen molar-refractivity contribution >= 4 is 11.0 Å². The summed E-state index contributed by atoms with van der Waals surface area (Å²) in [6.07, 6.45) is 0.765. The Labute approximate surface area is 168 Å². The Bertz CT molecular complexity index is 1240. The number of phenols is 1. The molecule has 1 aliphatic rings. The van der Waals surface area contributed by atoms with E-state index in [1.54, 1.807) is 12.4 Å². The maximum atomic E-state index is 13.0. The first-order chi connectivity index (χ1) is 14.3. The van der Waals surface area contributed by atoms with Crippen molar-refractivity contribution in [2.24, 2.45) is 0 Å². The van der Waals surface area contributed by atoms with Crippen LogP contribution in [0.3, 0.4) is 0 Å². The summed E-state index contributed by atoms with van der Waals surface area (Å²) in [6, 6.07) is 5.36. The number of pyridine rings is 1. The lowest BCUT2D eigenvalue weighted by molar-refractivity contribution is -0.137. The molecule has 10 heteroatoms. The van der Waals surface area contributed by atoms with Crippen LogP contribution in [0.25, 0.3) is 22.3 Å². The second kappa shape index (κ2) is 6.54. The quantitative estimate of drug-likeness (QED) is 0.538. The smallest absolute Gasteiger partial charge is 0.416 e. The number of phenolic OH excluding ortho intramolecular Hbond substituents is 1. The van der Waals surface area contributed by atoms with Crippen molar-refractivity contribution in [2.45, 2.75) is 38.5 Å². The maximum absolute atomic E-state index is 13.0. The van der Waals surface area contributed by atoms with Gasteiger partial charge in [-0.3, -0.25) is 4.68 Å². The number of aromatic hydroxyl groups is 1. The average Bonchev–Trinajstić information content (AvgIpc) is 3.32. The summed E-state index contributed by atoms with van der Waals surface area (Å²) in [7, 11) is 0. The monoisotopic (exact) mass is 414 g/mol. The van der Waals surface area contributed by atoms with E-state index in [1.807, 2.05) is 21.5 Å². The van der Waals surface area contributed by atoms with Crippen molar-refractivity contribution in [1.29, 1.82) is 0 Å². The van der Waals surface area contributed by atoms with Crippen molar-refractivity contribution in [1.82, 2.24) is 29.5 Å². The molecule has 0 bridgehead atoms. The van der Waals surface area contributed by atoms with Crippen LogP contribution in [-0.4, -0.2) is 34.6 Å². The zero-order chi connectivity index (χ0) is 21.0. The number of alkyl halides is 3. The molecule has 1 N–H and O–H groups in total. The highest BCUT2D eigenvalue weighted by atomic mass is 19.4. The Balaban J connectivity index is 1.51. The second-order valence-corrected chi connectivity index (χ2v) is 7.50. The minimum absolute atomic E-state index is 0.132. The van der Waals surface area contributed by atoms with Gasteiger partial charge in [0, 0.05) is 30.1 Å². The van der Waals surface area contributed by atoms with Crippen molar-refractivity contribution in [3.8, 4) is 17.0 Å². The summed E-state index contributed by atoms with van der Waals surface area (Å²) in [6.45, 7) is 2.23. The summed E-state index contributed by atoms with van der Waals surface area (Å²) >= 11 is 0. The van der Waals surface area contributed by atoms with Crippen molar-refractivity contribution < 1.29 is 18.3 Å². The van der Waals surface area contributed by atoms with Gasteiger partial charge in [0.25, 0.3) is 0 Å². The fourth-order valence-electron chi connectivity index (χ4n) is 3.97. The Morgan fingerprint density at radius 1 is 1.20 bits per heavy atom. The lowest BCUT2D eigenvalue weighted by Gasteiger charge is -2.23. The van der Waals surface area contributed by atoms with E-state index in [4.69, 9.17) is 0 Å². The average molecular weight is 414 g/mol. The third-order valence-electron chi connectivity index (χ3n) is 5.46. The number of aryl methyl sites for hydroxylation is 2. The number of benzene rings is 1. The number of rotatable bonds is 2. The molecule has 0 unspecified atom stereocenters. The topological polar surface area (TPSA) is 81.6 Å². The number of hydrogen-bond donors (Lipinski definition) is 1. The molecule has 1 aliphatic heterocycles. The number of nitrogens with zero attached hydrogens (tertiary/aromatic N) is 6. The van der Waals surface area contributed by atoms with Crippen molar-refractivity contribution in [3.05, 3.63) is 53.7 Å². The molecule has 0 spiro atoms. The molecule has 7 nitrogen and oxygen atoms in total. The number of aromatic nitrogens is 6. The molecule has 3 aromatic heterocycles. The summed E-state index contributed by atoms with van der Waals surface area (Å²) in [5.41, 5.74) is 0.520. The van der Waals surface area contributed by atoms with E-state index in [1.165, 1.54) is 6.92 Å². The lowest BCUT2D eigenvalue weighted by atomic mass is 10.00. The molecule has 4 heterocycles. The highest BCUT2D eigenvalue weighted by Crippen LogP contribution is 2.38.